The number of carbonyl (C=O) groups is 3. The van der Waals surface area contributed by atoms with Crippen LogP contribution in [0.1, 0.15) is 48.3 Å². The van der Waals surface area contributed by atoms with Gasteiger partial charge < -0.3 is 15.0 Å². The molecule has 0 radical (unpaired) electrons. The van der Waals surface area contributed by atoms with Crippen LogP contribution in [0.25, 0.3) is 0 Å². The van der Waals surface area contributed by atoms with Gasteiger partial charge in [-0.05, 0) is 44.0 Å². The Labute approximate surface area is 200 Å². The molecule has 6 nitrogen and oxygen atoms in total. The number of ether oxygens (including phenoxy) is 1. The van der Waals surface area contributed by atoms with Gasteiger partial charge in [-0.3, -0.25) is 9.59 Å². The first kappa shape index (κ1) is 24.7. The molecule has 34 heavy (non-hydrogen) atoms. The molecule has 0 aliphatic rings. The number of esters is 1. The Morgan fingerprint density at radius 2 is 1.35 bits per heavy atom. The van der Waals surface area contributed by atoms with Crippen LogP contribution in [-0.2, 0) is 20.9 Å². The number of nitrogens with zero attached hydrogens (tertiary/aromatic N) is 1. The summed E-state index contributed by atoms with van der Waals surface area (Å²) in [5.41, 5.74) is 1.50. The lowest BCUT2D eigenvalue weighted by Gasteiger charge is -2.35. The molecule has 1 N–H and O–H groups in total. The molecule has 0 bridgehead atoms. The van der Waals surface area contributed by atoms with Crippen LogP contribution in [0, 0.1) is 0 Å². The minimum atomic E-state index is -1.04. The average Bonchev–Trinajstić information content (AvgIpc) is 2.85. The normalized spacial score (nSPS) is 11.9. The van der Waals surface area contributed by atoms with Gasteiger partial charge >= 0.3 is 5.97 Å². The first-order valence-electron chi connectivity index (χ1n) is 11.2. The highest BCUT2D eigenvalue weighted by Crippen LogP contribution is 2.19. The molecule has 0 spiro atoms. The molecule has 0 aromatic heterocycles. The van der Waals surface area contributed by atoms with Gasteiger partial charge in [0.05, 0.1) is 0 Å². The van der Waals surface area contributed by atoms with Gasteiger partial charge in [-0.1, -0.05) is 78.9 Å². The van der Waals surface area contributed by atoms with Gasteiger partial charge in [0, 0.05) is 17.6 Å². The minimum Gasteiger partial charge on any atom is -0.454 e. The van der Waals surface area contributed by atoms with Gasteiger partial charge in [0.25, 0.3) is 11.8 Å². The van der Waals surface area contributed by atoms with Crippen LogP contribution < -0.4 is 5.32 Å². The summed E-state index contributed by atoms with van der Waals surface area (Å²) in [7, 11) is 0. The maximum Gasteiger partial charge on any atom is 0.333 e. The molecule has 0 fully saturated rings. The summed E-state index contributed by atoms with van der Waals surface area (Å²) in [6.07, 6.45) is 0. The molecule has 0 saturated carbocycles. The highest BCUT2D eigenvalue weighted by Gasteiger charge is 2.30. The summed E-state index contributed by atoms with van der Waals surface area (Å²) in [5, 5.41) is 2.73. The van der Waals surface area contributed by atoms with E-state index in [2.05, 4.69) is 5.32 Å². The van der Waals surface area contributed by atoms with Gasteiger partial charge in [0.1, 0.15) is 0 Å². The number of carbonyl (C=O) groups excluding carboxylic acids is 3. The third-order valence-corrected chi connectivity index (χ3v) is 5.31. The van der Waals surface area contributed by atoms with Crippen molar-refractivity contribution in [2.45, 2.75) is 38.9 Å². The van der Waals surface area contributed by atoms with E-state index in [0.29, 0.717) is 17.7 Å². The summed E-state index contributed by atoms with van der Waals surface area (Å²) < 4.78 is 5.43. The first-order chi connectivity index (χ1) is 16.3. The Morgan fingerprint density at radius 3 is 1.91 bits per heavy atom. The predicted molar refractivity (Wildman–Crippen MR) is 131 cm³/mol. The van der Waals surface area contributed by atoms with Crippen molar-refractivity contribution in [2.75, 3.05) is 6.61 Å². The van der Waals surface area contributed by atoms with Crippen molar-refractivity contribution in [1.82, 2.24) is 10.2 Å². The number of hydrogen-bond donors (Lipinski definition) is 1. The topological polar surface area (TPSA) is 75.7 Å². The molecule has 3 aromatic carbocycles. The zero-order valence-electron chi connectivity index (χ0n) is 19.7. The second-order valence-electron chi connectivity index (χ2n) is 8.93. The molecule has 0 aliphatic carbocycles. The molecule has 1 unspecified atom stereocenters. The lowest BCUT2D eigenvalue weighted by Crippen LogP contribution is -2.47. The number of rotatable bonds is 8. The monoisotopic (exact) mass is 458 g/mol. The van der Waals surface area contributed by atoms with Crippen molar-refractivity contribution in [3.8, 4) is 0 Å². The maximum absolute atomic E-state index is 13.1. The molecule has 0 aliphatic heterocycles. The summed E-state index contributed by atoms with van der Waals surface area (Å²) >= 11 is 0. The van der Waals surface area contributed by atoms with E-state index in [9.17, 15) is 14.4 Å². The maximum atomic E-state index is 13.1. The SMILES string of the molecule is CC(C)(C)N(Cc1ccccc1)C(=O)COC(=O)C(NC(=O)c1ccccc1)c1ccccc1. The van der Waals surface area contributed by atoms with E-state index in [1.165, 1.54) is 0 Å². The van der Waals surface area contributed by atoms with Crippen LogP contribution >= 0.6 is 0 Å². The molecular weight excluding hydrogens is 428 g/mol. The summed E-state index contributed by atoms with van der Waals surface area (Å²) in [6.45, 7) is 5.77. The molecule has 6 heteroatoms. The van der Waals surface area contributed by atoms with Crippen LogP contribution in [0.5, 0.6) is 0 Å². The van der Waals surface area contributed by atoms with E-state index < -0.39 is 30.1 Å². The lowest BCUT2D eigenvalue weighted by molar-refractivity contribution is -0.156. The Kier molecular flexibility index (Phi) is 8.19. The quantitative estimate of drug-likeness (QED) is 0.504. The molecule has 176 valence electrons. The predicted octanol–water partition coefficient (Wildman–Crippen LogP) is 4.53. The fourth-order valence-electron chi connectivity index (χ4n) is 3.49. The van der Waals surface area contributed by atoms with Crippen molar-refractivity contribution in [2.24, 2.45) is 0 Å². The largest absolute Gasteiger partial charge is 0.454 e. The second-order valence-corrected chi connectivity index (χ2v) is 8.93. The minimum absolute atomic E-state index is 0.314. The molecular formula is C28H30N2O4. The van der Waals surface area contributed by atoms with E-state index in [-0.39, 0.29) is 5.91 Å². The summed E-state index contributed by atoms with van der Waals surface area (Å²) in [4.78, 5) is 40.5. The van der Waals surface area contributed by atoms with Crippen LogP contribution in [0.15, 0.2) is 91.0 Å². The van der Waals surface area contributed by atoms with E-state index in [1.807, 2.05) is 63.2 Å². The van der Waals surface area contributed by atoms with Gasteiger partial charge in [-0.15, -0.1) is 0 Å². The highest BCUT2D eigenvalue weighted by atomic mass is 16.5. The van der Waals surface area contributed by atoms with E-state index in [4.69, 9.17) is 4.74 Å². The van der Waals surface area contributed by atoms with Crippen molar-refractivity contribution in [1.29, 1.82) is 0 Å². The average molecular weight is 459 g/mol. The van der Waals surface area contributed by atoms with E-state index in [0.717, 1.165) is 5.56 Å². The second kappa shape index (κ2) is 11.3. The number of benzene rings is 3. The Balaban J connectivity index is 1.72. The standard InChI is InChI=1S/C28H30N2O4/c1-28(2,3)30(19-21-13-7-4-8-14-21)24(31)20-34-27(33)25(22-15-9-5-10-16-22)29-26(32)23-17-11-6-12-18-23/h4-18,25H,19-20H2,1-3H3,(H,29,32). The number of hydrogen-bond acceptors (Lipinski definition) is 4. The van der Waals surface area contributed by atoms with Crippen molar-refractivity contribution in [3.63, 3.8) is 0 Å². The molecule has 3 aromatic rings. The molecule has 0 heterocycles. The van der Waals surface area contributed by atoms with Gasteiger partial charge in [0.2, 0.25) is 0 Å². The Morgan fingerprint density at radius 1 is 0.824 bits per heavy atom. The fourth-order valence-corrected chi connectivity index (χ4v) is 3.49. The van der Waals surface area contributed by atoms with Crippen LogP contribution in [0.3, 0.4) is 0 Å². The third kappa shape index (κ3) is 6.78. The van der Waals surface area contributed by atoms with Crippen molar-refractivity contribution < 1.29 is 19.1 Å². The Hall–Kier alpha value is -3.93. The molecule has 1 atom stereocenters. The van der Waals surface area contributed by atoms with E-state index in [1.54, 1.807) is 53.4 Å². The fraction of sp³-hybridized carbons (Fsp3) is 0.250. The smallest absolute Gasteiger partial charge is 0.333 e. The van der Waals surface area contributed by atoms with Crippen molar-refractivity contribution in [3.05, 3.63) is 108 Å². The Bertz CT molecular complexity index is 1090. The molecule has 2 amide bonds. The van der Waals surface area contributed by atoms with Crippen LogP contribution in [0.4, 0.5) is 0 Å². The zero-order valence-corrected chi connectivity index (χ0v) is 19.7. The van der Waals surface area contributed by atoms with Gasteiger partial charge in [-0.2, -0.15) is 0 Å². The lowest BCUT2D eigenvalue weighted by atomic mass is 10.0. The van der Waals surface area contributed by atoms with E-state index >= 15 is 0 Å². The van der Waals surface area contributed by atoms with Crippen molar-refractivity contribution >= 4 is 17.8 Å². The first-order valence-corrected chi connectivity index (χ1v) is 11.2. The van der Waals surface area contributed by atoms with Crippen LogP contribution in [-0.4, -0.2) is 34.8 Å². The van der Waals surface area contributed by atoms with Gasteiger partial charge in [0.15, 0.2) is 12.6 Å². The summed E-state index contributed by atoms with van der Waals surface area (Å²) in [6, 6.07) is 26.1. The summed E-state index contributed by atoms with van der Waals surface area (Å²) in [5.74, 6) is -1.42. The zero-order chi connectivity index (χ0) is 24.6. The number of amides is 2. The van der Waals surface area contributed by atoms with Gasteiger partial charge in [-0.25, -0.2) is 4.79 Å². The highest BCUT2D eigenvalue weighted by molar-refractivity contribution is 5.97. The molecule has 0 saturated heterocycles. The van der Waals surface area contributed by atoms with Crippen LogP contribution in [0.2, 0.25) is 0 Å². The molecule has 3 rings (SSSR count). The third-order valence-electron chi connectivity index (χ3n) is 5.31. The number of nitrogens with one attached hydrogen (secondary N) is 1.